The number of nitrogens with one attached hydrogen (secondary N) is 2. The molecule has 0 spiro atoms. The molecule has 1 amide bonds. The molecule has 0 aliphatic rings. The number of rotatable bonds is 4. The maximum absolute atomic E-state index is 13.7. The first-order valence-electron chi connectivity index (χ1n) is 7.14. The van der Waals surface area contributed by atoms with E-state index in [2.05, 4.69) is 15.7 Å². The van der Waals surface area contributed by atoms with Crippen molar-refractivity contribution in [1.82, 2.24) is 15.1 Å². The topological polar surface area (TPSA) is 59.0 Å². The lowest BCUT2D eigenvalue weighted by Gasteiger charge is -2.23. The second kappa shape index (κ2) is 6.17. The van der Waals surface area contributed by atoms with Crippen LogP contribution in [0, 0.1) is 5.82 Å². The number of halogens is 1. The van der Waals surface area contributed by atoms with Gasteiger partial charge in [-0.3, -0.25) is 4.79 Å². The van der Waals surface area contributed by atoms with Crippen LogP contribution in [0.15, 0.2) is 36.7 Å². The van der Waals surface area contributed by atoms with Gasteiger partial charge in [0.25, 0.3) is 0 Å². The van der Waals surface area contributed by atoms with E-state index in [0.29, 0.717) is 11.4 Å². The minimum Gasteiger partial charge on any atom is -0.371 e. The summed E-state index contributed by atoms with van der Waals surface area (Å²) in [6.45, 7) is 7.54. The average molecular weight is 304 g/mol. The number of hydrogen-bond acceptors (Lipinski definition) is 3. The molecular formula is C16H21FN4O. The molecule has 22 heavy (non-hydrogen) atoms. The minimum absolute atomic E-state index is 0.105. The summed E-state index contributed by atoms with van der Waals surface area (Å²) in [7, 11) is 0. The van der Waals surface area contributed by atoms with Gasteiger partial charge in [0, 0.05) is 5.54 Å². The van der Waals surface area contributed by atoms with Gasteiger partial charge < -0.3 is 10.6 Å². The molecule has 5 nitrogen and oxygen atoms in total. The van der Waals surface area contributed by atoms with Crippen molar-refractivity contribution in [2.24, 2.45) is 0 Å². The molecule has 0 unspecified atom stereocenters. The van der Waals surface area contributed by atoms with Crippen LogP contribution in [0.2, 0.25) is 0 Å². The summed E-state index contributed by atoms with van der Waals surface area (Å²) in [5.41, 5.74) is 0.729. The molecule has 0 saturated heterocycles. The zero-order chi connectivity index (χ0) is 16.3. The third-order valence-corrected chi connectivity index (χ3v) is 2.96. The van der Waals surface area contributed by atoms with Crippen LogP contribution < -0.4 is 10.6 Å². The summed E-state index contributed by atoms with van der Waals surface area (Å²) in [5.74, 6) is -0.457. The fourth-order valence-electron chi connectivity index (χ4n) is 1.96. The Kier molecular flexibility index (Phi) is 4.49. The van der Waals surface area contributed by atoms with Gasteiger partial charge in [-0.05, 0) is 39.8 Å². The highest BCUT2D eigenvalue weighted by Crippen LogP contribution is 2.15. The molecule has 0 radical (unpaired) electrons. The van der Waals surface area contributed by atoms with E-state index in [0.717, 1.165) is 0 Å². The predicted octanol–water partition coefficient (Wildman–Crippen LogP) is 2.73. The zero-order valence-corrected chi connectivity index (χ0v) is 13.2. The Labute approximate surface area is 129 Å². The van der Waals surface area contributed by atoms with Gasteiger partial charge in [0.1, 0.15) is 17.5 Å². The van der Waals surface area contributed by atoms with Gasteiger partial charge in [0.15, 0.2) is 0 Å². The standard InChI is InChI=1S/C16H21FN4O/c1-11(15(22)20-16(2,3)4)19-12-9-18-21(10-12)14-8-6-5-7-13(14)17/h5-11,19H,1-4H3,(H,20,22)/t11-/m1/s1. The Bertz CT molecular complexity index is 660. The summed E-state index contributed by atoms with van der Waals surface area (Å²) >= 11 is 0. The zero-order valence-electron chi connectivity index (χ0n) is 13.2. The summed E-state index contributed by atoms with van der Waals surface area (Å²) in [6, 6.07) is 5.97. The van der Waals surface area contributed by atoms with Crippen LogP contribution in [-0.4, -0.2) is 27.3 Å². The van der Waals surface area contributed by atoms with Crippen molar-refractivity contribution in [3.8, 4) is 5.69 Å². The lowest BCUT2D eigenvalue weighted by atomic mass is 10.1. The maximum Gasteiger partial charge on any atom is 0.242 e. The average Bonchev–Trinajstić information content (AvgIpc) is 2.85. The number of benzene rings is 1. The first kappa shape index (κ1) is 16.0. The fourth-order valence-corrected chi connectivity index (χ4v) is 1.96. The lowest BCUT2D eigenvalue weighted by molar-refractivity contribution is -0.122. The largest absolute Gasteiger partial charge is 0.371 e. The number of nitrogens with zero attached hydrogens (tertiary/aromatic N) is 2. The molecule has 1 atom stereocenters. The first-order chi connectivity index (χ1) is 10.3. The Morgan fingerprint density at radius 2 is 2.00 bits per heavy atom. The summed E-state index contributed by atoms with van der Waals surface area (Å²) < 4.78 is 15.2. The van der Waals surface area contributed by atoms with Crippen LogP contribution in [0.1, 0.15) is 27.7 Å². The normalized spacial score (nSPS) is 12.8. The number of carbonyl (C=O) groups is 1. The van der Waals surface area contributed by atoms with Crippen LogP contribution >= 0.6 is 0 Å². The Hall–Kier alpha value is -2.37. The van der Waals surface area contributed by atoms with E-state index in [9.17, 15) is 9.18 Å². The molecule has 1 aromatic carbocycles. The van der Waals surface area contributed by atoms with E-state index in [-0.39, 0.29) is 17.3 Å². The third-order valence-electron chi connectivity index (χ3n) is 2.96. The molecule has 0 saturated carbocycles. The molecule has 2 N–H and O–H groups in total. The quantitative estimate of drug-likeness (QED) is 0.913. The third kappa shape index (κ3) is 4.07. The first-order valence-corrected chi connectivity index (χ1v) is 7.14. The second-order valence-electron chi connectivity index (χ2n) is 6.23. The number of aromatic nitrogens is 2. The monoisotopic (exact) mass is 304 g/mol. The number of carbonyl (C=O) groups excluding carboxylic acids is 1. The highest BCUT2D eigenvalue weighted by molar-refractivity contribution is 5.84. The maximum atomic E-state index is 13.7. The second-order valence-corrected chi connectivity index (χ2v) is 6.23. The highest BCUT2D eigenvalue weighted by Gasteiger charge is 2.19. The highest BCUT2D eigenvalue weighted by atomic mass is 19.1. The Morgan fingerprint density at radius 3 is 2.64 bits per heavy atom. The smallest absolute Gasteiger partial charge is 0.242 e. The number of para-hydroxylation sites is 1. The molecule has 2 rings (SSSR count). The molecule has 1 heterocycles. The number of amides is 1. The van der Waals surface area contributed by atoms with Gasteiger partial charge in [-0.2, -0.15) is 5.10 Å². The van der Waals surface area contributed by atoms with Crippen molar-refractivity contribution < 1.29 is 9.18 Å². The molecule has 1 aromatic heterocycles. The predicted molar refractivity (Wildman–Crippen MR) is 84.5 cm³/mol. The molecule has 0 aliphatic heterocycles. The van der Waals surface area contributed by atoms with E-state index in [1.807, 2.05) is 20.8 Å². The summed E-state index contributed by atoms with van der Waals surface area (Å²) in [6.07, 6.45) is 3.21. The van der Waals surface area contributed by atoms with Crippen molar-refractivity contribution in [3.63, 3.8) is 0 Å². The van der Waals surface area contributed by atoms with Gasteiger partial charge in [-0.15, -0.1) is 0 Å². The van der Waals surface area contributed by atoms with E-state index in [1.165, 1.54) is 10.7 Å². The van der Waals surface area contributed by atoms with E-state index in [1.54, 1.807) is 37.5 Å². The SMILES string of the molecule is C[C@@H](Nc1cnn(-c2ccccc2F)c1)C(=O)NC(C)(C)C. The van der Waals surface area contributed by atoms with Crippen molar-refractivity contribution in [2.75, 3.05) is 5.32 Å². The van der Waals surface area contributed by atoms with Crippen LogP contribution in [0.3, 0.4) is 0 Å². The summed E-state index contributed by atoms with van der Waals surface area (Å²) in [4.78, 5) is 12.0. The van der Waals surface area contributed by atoms with Crippen LogP contribution in [0.5, 0.6) is 0 Å². The van der Waals surface area contributed by atoms with Gasteiger partial charge >= 0.3 is 0 Å². The molecule has 0 aliphatic carbocycles. The molecule has 2 aromatic rings. The molecule has 6 heteroatoms. The molecule has 0 bridgehead atoms. The molecule has 118 valence electrons. The van der Waals surface area contributed by atoms with Gasteiger partial charge in [-0.1, -0.05) is 12.1 Å². The fraction of sp³-hybridized carbons (Fsp3) is 0.375. The van der Waals surface area contributed by atoms with Gasteiger partial charge in [0.2, 0.25) is 5.91 Å². The number of anilines is 1. The Balaban J connectivity index is 2.06. The van der Waals surface area contributed by atoms with Gasteiger partial charge in [0.05, 0.1) is 18.1 Å². The van der Waals surface area contributed by atoms with Crippen molar-refractivity contribution in [2.45, 2.75) is 39.3 Å². The lowest BCUT2D eigenvalue weighted by Crippen LogP contribution is -2.47. The van der Waals surface area contributed by atoms with Crippen molar-refractivity contribution >= 4 is 11.6 Å². The van der Waals surface area contributed by atoms with E-state index >= 15 is 0 Å². The summed E-state index contributed by atoms with van der Waals surface area (Å²) in [5, 5.41) is 10.1. The minimum atomic E-state index is -0.419. The van der Waals surface area contributed by atoms with Crippen LogP contribution in [0.4, 0.5) is 10.1 Å². The van der Waals surface area contributed by atoms with Gasteiger partial charge in [-0.25, -0.2) is 9.07 Å². The van der Waals surface area contributed by atoms with Crippen LogP contribution in [0.25, 0.3) is 5.69 Å². The van der Waals surface area contributed by atoms with Crippen molar-refractivity contribution in [3.05, 3.63) is 42.5 Å². The van der Waals surface area contributed by atoms with Crippen molar-refractivity contribution in [1.29, 1.82) is 0 Å². The molecular weight excluding hydrogens is 283 g/mol. The van der Waals surface area contributed by atoms with Crippen LogP contribution in [-0.2, 0) is 4.79 Å². The number of hydrogen-bond donors (Lipinski definition) is 2. The van der Waals surface area contributed by atoms with E-state index < -0.39 is 6.04 Å². The Morgan fingerprint density at radius 1 is 1.32 bits per heavy atom. The van der Waals surface area contributed by atoms with E-state index in [4.69, 9.17) is 0 Å². The molecule has 0 fully saturated rings.